The van der Waals surface area contributed by atoms with E-state index in [1.807, 2.05) is 41.7 Å². The molecule has 1 saturated heterocycles. The Morgan fingerprint density at radius 3 is 2.64 bits per heavy atom. The predicted molar refractivity (Wildman–Crippen MR) is 163 cm³/mol. The van der Waals surface area contributed by atoms with Crippen LogP contribution >= 0.6 is 30.9 Å². The molecule has 0 radical (unpaired) electrons. The standard InChI is InChI=1S/C27H36ClN4O7PS2/c1-31-25(12-6-3-7-14-40(36,37)18-26(33)32-13-8-11-22(32)27(34)35)30-21-15-20(28)24(16-23(21)41-31)42(38,39)29-17-19-9-4-2-5-10-19/h2,4-5,9-10,15-16,22,25,29-30H,3,6-8,11-14,17-18H2,1H3,(H,34,35)(H,36,37)/t22?,25-/m0/s1. The van der Waals surface area contributed by atoms with E-state index in [0.29, 0.717) is 32.2 Å². The number of fused-ring (bicyclic) bond motifs is 1. The van der Waals surface area contributed by atoms with Crippen LogP contribution < -0.4 is 10.0 Å². The zero-order chi connectivity index (χ0) is 30.5. The van der Waals surface area contributed by atoms with E-state index in [0.717, 1.165) is 29.0 Å². The lowest BCUT2D eigenvalue weighted by Gasteiger charge is -2.35. The van der Waals surface area contributed by atoms with Gasteiger partial charge < -0.3 is 20.2 Å². The van der Waals surface area contributed by atoms with Crippen molar-refractivity contribution >= 4 is 58.5 Å². The molecule has 4 rings (SSSR count). The summed E-state index contributed by atoms with van der Waals surface area (Å²) in [6, 6.07) is 11.5. The number of carboxylic acid groups (broad SMARTS) is 1. The molecule has 1 amide bonds. The van der Waals surface area contributed by atoms with Gasteiger partial charge in [-0.15, -0.1) is 0 Å². The summed E-state index contributed by atoms with van der Waals surface area (Å²) in [5.41, 5.74) is 1.56. The molecule has 2 aromatic rings. The first kappa shape index (κ1) is 32.8. The number of amides is 1. The smallest absolute Gasteiger partial charge is 0.326 e. The maximum Gasteiger partial charge on any atom is 0.326 e. The Balaban J connectivity index is 1.25. The fourth-order valence-corrected chi connectivity index (χ4v) is 9.21. The van der Waals surface area contributed by atoms with E-state index in [1.165, 1.54) is 16.8 Å². The number of unbranched alkanes of at least 4 members (excludes halogenated alkanes) is 2. The van der Waals surface area contributed by atoms with Crippen molar-refractivity contribution in [1.29, 1.82) is 0 Å². The van der Waals surface area contributed by atoms with Crippen molar-refractivity contribution in [2.24, 2.45) is 0 Å². The molecule has 15 heteroatoms. The van der Waals surface area contributed by atoms with Crippen molar-refractivity contribution in [3.05, 3.63) is 53.1 Å². The highest BCUT2D eigenvalue weighted by atomic mass is 35.5. The molecule has 4 N–H and O–H groups in total. The van der Waals surface area contributed by atoms with Crippen LogP contribution in [-0.2, 0) is 30.7 Å². The van der Waals surface area contributed by atoms with Crippen LogP contribution in [0.3, 0.4) is 0 Å². The van der Waals surface area contributed by atoms with Crippen LogP contribution in [0.5, 0.6) is 0 Å². The number of sulfonamides is 1. The van der Waals surface area contributed by atoms with E-state index < -0.39 is 41.5 Å². The highest BCUT2D eigenvalue weighted by Gasteiger charge is 2.36. The van der Waals surface area contributed by atoms with Crippen molar-refractivity contribution in [2.45, 2.75) is 67.1 Å². The average molecular weight is 659 g/mol. The Kier molecular flexibility index (Phi) is 11.0. The molecule has 2 unspecified atom stereocenters. The minimum atomic E-state index is -3.84. The van der Waals surface area contributed by atoms with Gasteiger partial charge in [0.2, 0.25) is 23.3 Å². The van der Waals surface area contributed by atoms with Crippen molar-refractivity contribution in [1.82, 2.24) is 13.9 Å². The summed E-state index contributed by atoms with van der Waals surface area (Å²) in [4.78, 5) is 36.1. The first-order chi connectivity index (χ1) is 19.9. The first-order valence-corrected chi connectivity index (χ1v) is 18.4. The van der Waals surface area contributed by atoms with Gasteiger partial charge in [-0.3, -0.25) is 9.36 Å². The van der Waals surface area contributed by atoms with Crippen LogP contribution in [-0.4, -0.2) is 77.6 Å². The quantitative estimate of drug-likeness (QED) is 0.138. The fourth-order valence-electron chi connectivity index (χ4n) is 5.10. The molecule has 11 nitrogen and oxygen atoms in total. The Morgan fingerprint density at radius 2 is 1.93 bits per heavy atom. The number of nitrogens with one attached hydrogen (secondary N) is 2. The van der Waals surface area contributed by atoms with Crippen molar-refractivity contribution in [3.63, 3.8) is 0 Å². The summed E-state index contributed by atoms with van der Waals surface area (Å²) in [5, 5.41) is 12.8. The molecule has 2 aliphatic heterocycles. The SMILES string of the molecule is CN1Sc2cc(S(=O)(=O)NCc3ccccc3)c(Cl)cc2N[C@@H]1CCCCCP(=O)(O)CC(=O)N1CCCC1C(=O)O. The normalized spacial score (nSPS) is 20.5. The van der Waals surface area contributed by atoms with Gasteiger partial charge in [0, 0.05) is 24.1 Å². The number of carboxylic acids is 1. The Morgan fingerprint density at radius 1 is 1.19 bits per heavy atom. The zero-order valence-electron chi connectivity index (χ0n) is 23.2. The minimum absolute atomic E-state index is 0.000995. The van der Waals surface area contributed by atoms with E-state index >= 15 is 0 Å². The minimum Gasteiger partial charge on any atom is -0.480 e. The highest BCUT2D eigenvalue weighted by Crippen LogP contribution is 2.43. The largest absolute Gasteiger partial charge is 0.480 e. The van der Waals surface area contributed by atoms with Gasteiger partial charge in [0.05, 0.1) is 16.9 Å². The number of nitrogens with zero attached hydrogens (tertiary/aromatic N) is 2. The second-order valence-electron chi connectivity index (χ2n) is 10.5. The average Bonchev–Trinajstić information content (AvgIpc) is 3.43. The monoisotopic (exact) mass is 658 g/mol. The number of aliphatic carboxylic acids is 1. The molecule has 3 atom stereocenters. The summed E-state index contributed by atoms with van der Waals surface area (Å²) in [6.07, 6.45) is 2.96. The summed E-state index contributed by atoms with van der Waals surface area (Å²) in [7, 11) is -5.66. The van der Waals surface area contributed by atoms with E-state index in [4.69, 9.17) is 11.6 Å². The Labute approximate surface area is 255 Å². The van der Waals surface area contributed by atoms with Crippen molar-refractivity contribution in [3.8, 4) is 0 Å². The van der Waals surface area contributed by atoms with Crippen molar-refractivity contribution in [2.75, 3.05) is 31.2 Å². The molecule has 230 valence electrons. The summed E-state index contributed by atoms with van der Waals surface area (Å²) in [6.45, 7) is 0.446. The van der Waals surface area contributed by atoms with Gasteiger partial charge in [-0.05, 0) is 62.4 Å². The maximum absolute atomic E-state index is 13.0. The van der Waals surface area contributed by atoms with Gasteiger partial charge >= 0.3 is 5.97 Å². The summed E-state index contributed by atoms with van der Waals surface area (Å²) >= 11 is 7.83. The molecule has 0 bridgehead atoms. The molecular weight excluding hydrogens is 623 g/mol. The topological polar surface area (TPSA) is 156 Å². The highest BCUT2D eigenvalue weighted by molar-refractivity contribution is 7.97. The molecular formula is C27H36ClN4O7PS2. The Hall–Kier alpha value is -2.12. The van der Waals surface area contributed by atoms with E-state index in [2.05, 4.69) is 10.0 Å². The zero-order valence-corrected chi connectivity index (χ0v) is 26.5. The van der Waals surface area contributed by atoms with Crippen LogP contribution in [0.1, 0.15) is 44.1 Å². The van der Waals surface area contributed by atoms with E-state index in [-0.39, 0.29) is 28.8 Å². The predicted octanol–water partition coefficient (Wildman–Crippen LogP) is 4.42. The van der Waals surface area contributed by atoms with Crippen LogP contribution in [0.2, 0.25) is 5.02 Å². The molecule has 0 aliphatic carbocycles. The van der Waals surface area contributed by atoms with Gasteiger partial charge in [0.15, 0.2) is 0 Å². The molecule has 2 aliphatic rings. The van der Waals surface area contributed by atoms with Crippen LogP contribution in [0.15, 0.2) is 52.3 Å². The lowest BCUT2D eigenvalue weighted by Crippen LogP contribution is -2.41. The van der Waals surface area contributed by atoms with Crippen LogP contribution in [0, 0.1) is 0 Å². The third-order valence-corrected chi connectivity index (χ3v) is 12.1. The number of halogens is 1. The molecule has 1 fully saturated rings. The lowest BCUT2D eigenvalue weighted by atomic mass is 10.1. The van der Waals surface area contributed by atoms with Gasteiger partial charge in [0.1, 0.15) is 17.1 Å². The third kappa shape index (κ3) is 8.49. The number of anilines is 1. The molecule has 42 heavy (non-hydrogen) atoms. The van der Waals surface area contributed by atoms with E-state index in [9.17, 15) is 32.6 Å². The third-order valence-electron chi connectivity index (χ3n) is 7.36. The van der Waals surface area contributed by atoms with E-state index in [1.54, 1.807) is 12.1 Å². The number of benzene rings is 2. The number of rotatable bonds is 13. The number of likely N-dealkylation sites (tertiary alicyclic amines) is 1. The number of carbonyl (C=O) groups excluding carboxylic acids is 1. The number of hydrogen-bond donors (Lipinski definition) is 4. The molecule has 0 saturated carbocycles. The molecule has 2 aromatic carbocycles. The van der Waals surface area contributed by atoms with Gasteiger partial charge in [0.25, 0.3) is 0 Å². The fraction of sp³-hybridized carbons (Fsp3) is 0.481. The molecule has 0 aromatic heterocycles. The lowest BCUT2D eigenvalue weighted by molar-refractivity contribution is -0.147. The van der Waals surface area contributed by atoms with Gasteiger partial charge in [-0.2, -0.15) is 0 Å². The van der Waals surface area contributed by atoms with Crippen LogP contribution in [0.25, 0.3) is 0 Å². The second-order valence-corrected chi connectivity index (χ2v) is 16.3. The van der Waals surface area contributed by atoms with Gasteiger partial charge in [-0.1, -0.05) is 54.8 Å². The Bertz CT molecular complexity index is 1450. The van der Waals surface area contributed by atoms with Crippen molar-refractivity contribution < 1.29 is 32.6 Å². The maximum atomic E-state index is 13.0. The summed E-state index contributed by atoms with van der Waals surface area (Å²) < 4.78 is 43.2. The first-order valence-electron chi connectivity index (χ1n) is 13.7. The molecule has 0 spiro atoms. The number of carbonyl (C=O) groups is 2. The summed E-state index contributed by atoms with van der Waals surface area (Å²) in [5.74, 6) is -1.66. The van der Waals surface area contributed by atoms with Crippen LogP contribution in [0.4, 0.5) is 5.69 Å². The molecule has 2 heterocycles. The van der Waals surface area contributed by atoms with Gasteiger partial charge in [-0.25, -0.2) is 22.2 Å². The number of hydrogen-bond acceptors (Lipinski definition) is 8. The second kappa shape index (κ2) is 14.1.